The second-order valence-electron chi connectivity index (χ2n) is 4.86. The van der Waals surface area contributed by atoms with Crippen LogP contribution in [0.2, 0.25) is 0 Å². The molecular weight excluding hydrogens is 212 g/mol. The van der Waals surface area contributed by atoms with Gasteiger partial charge < -0.3 is 4.74 Å². The van der Waals surface area contributed by atoms with Gasteiger partial charge in [0.2, 0.25) is 0 Å². The Labute approximate surface area is 106 Å². The van der Waals surface area contributed by atoms with E-state index in [1.165, 1.54) is 44.9 Å². The van der Waals surface area contributed by atoms with Crippen LogP contribution in [0.4, 0.5) is 0 Å². The molecule has 0 radical (unpaired) electrons. The van der Waals surface area contributed by atoms with E-state index < -0.39 is 0 Å². The lowest BCUT2D eigenvalue weighted by Gasteiger charge is -2.03. The highest BCUT2D eigenvalue weighted by Gasteiger charge is 1.97. The van der Waals surface area contributed by atoms with Crippen molar-refractivity contribution >= 4 is 5.97 Å². The number of carbonyl (C=O) groups is 1. The molecule has 0 saturated carbocycles. The fourth-order valence-electron chi connectivity index (χ4n) is 1.69. The Kier molecular flexibility index (Phi) is 11.1. The molecule has 2 nitrogen and oxygen atoms in total. The first-order chi connectivity index (χ1) is 8.16. The summed E-state index contributed by atoms with van der Waals surface area (Å²) in [6, 6.07) is 0. The van der Waals surface area contributed by atoms with Crippen molar-refractivity contribution in [1.29, 1.82) is 0 Å². The van der Waals surface area contributed by atoms with Gasteiger partial charge in [0.1, 0.15) is 0 Å². The molecule has 0 amide bonds. The number of esters is 1. The van der Waals surface area contributed by atoms with Crippen LogP contribution in [0.1, 0.15) is 72.1 Å². The van der Waals surface area contributed by atoms with Gasteiger partial charge in [-0.25, -0.2) is 4.79 Å². The van der Waals surface area contributed by atoms with Gasteiger partial charge in [0.25, 0.3) is 0 Å². The number of rotatable bonds is 10. The number of allylic oxidation sites excluding steroid dienone is 1. The third kappa shape index (κ3) is 13.1. The lowest BCUT2D eigenvalue weighted by atomic mass is 10.1. The fraction of sp³-hybridized carbons (Fsp3) is 0.800. The van der Waals surface area contributed by atoms with Crippen molar-refractivity contribution in [2.24, 2.45) is 0 Å². The van der Waals surface area contributed by atoms with Crippen LogP contribution in [0, 0.1) is 0 Å². The van der Waals surface area contributed by atoms with E-state index in [-0.39, 0.29) is 5.97 Å². The summed E-state index contributed by atoms with van der Waals surface area (Å²) in [5.74, 6) is -0.201. The molecule has 0 spiro atoms. The Bertz CT molecular complexity index is 215. The second kappa shape index (κ2) is 11.7. The van der Waals surface area contributed by atoms with Crippen LogP contribution in [-0.4, -0.2) is 12.6 Å². The first kappa shape index (κ1) is 16.2. The van der Waals surface area contributed by atoms with Gasteiger partial charge in [-0.15, -0.1) is 0 Å². The molecule has 0 heterocycles. The largest absolute Gasteiger partial charge is 0.463 e. The normalized spacial score (nSPS) is 10.1. The molecule has 0 aromatic rings. The molecule has 0 aromatic carbocycles. The summed E-state index contributed by atoms with van der Waals surface area (Å²) in [6.07, 6.45) is 11.7. The summed E-state index contributed by atoms with van der Waals surface area (Å²) in [7, 11) is 0. The summed E-state index contributed by atoms with van der Waals surface area (Å²) in [5, 5.41) is 0. The number of hydrogen-bond acceptors (Lipinski definition) is 2. The average Bonchev–Trinajstić information content (AvgIpc) is 2.26. The van der Waals surface area contributed by atoms with Crippen LogP contribution in [0.15, 0.2) is 11.6 Å². The summed E-state index contributed by atoms with van der Waals surface area (Å²) in [4.78, 5) is 11.2. The predicted molar refractivity (Wildman–Crippen MR) is 73.0 cm³/mol. The van der Waals surface area contributed by atoms with Gasteiger partial charge in [0.15, 0.2) is 0 Å². The zero-order valence-electron chi connectivity index (χ0n) is 11.8. The van der Waals surface area contributed by atoms with Crippen molar-refractivity contribution in [2.45, 2.75) is 72.1 Å². The molecule has 100 valence electrons. The van der Waals surface area contributed by atoms with Crippen LogP contribution >= 0.6 is 0 Å². The molecular formula is C15H28O2. The van der Waals surface area contributed by atoms with E-state index in [9.17, 15) is 4.79 Å². The number of unbranched alkanes of at least 4 members (excludes halogenated alkanes) is 7. The first-order valence-electron chi connectivity index (χ1n) is 6.98. The van der Waals surface area contributed by atoms with Gasteiger partial charge in [-0.1, -0.05) is 57.4 Å². The Morgan fingerprint density at radius 3 is 2.00 bits per heavy atom. The highest BCUT2D eigenvalue weighted by atomic mass is 16.5. The predicted octanol–water partition coefficient (Wildman–Crippen LogP) is 4.64. The standard InChI is InChI=1S/C15H28O2/c1-4-5-6-7-8-9-10-11-12-17-15(16)13-14(2)3/h13H,4-12H2,1-3H3. The monoisotopic (exact) mass is 240 g/mol. The van der Waals surface area contributed by atoms with Crippen molar-refractivity contribution in [3.05, 3.63) is 11.6 Å². The van der Waals surface area contributed by atoms with E-state index in [2.05, 4.69) is 6.92 Å². The van der Waals surface area contributed by atoms with Crippen molar-refractivity contribution in [2.75, 3.05) is 6.61 Å². The zero-order chi connectivity index (χ0) is 12.9. The Morgan fingerprint density at radius 2 is 1.47 bits per heavy atom. The van der Waals surface area contributed by atoms with Gasteiger partial charge in [-0.2, -0.15) is 0 Å². The Balaban J connectivity index is 3.18. The minimum absolute atomic E-state index is 0.201. The number of hydrogen-bond donors (Lipinski definition) is 0. The first-order valence-corrected chi connectivity index (χ1v) is 6.98. The van der Waals surface area contributed by atoms with E-state index in [4.69, 9.17) is 4.74 Å². The van der Waals surface area contributed by atoms with Crippen LogP contribution in [0.25, 0.3) is 0 Å². The molecule has 0 rings (SSSR count). The van der Waals surface area contributed by atoms with Crippen LogP contribution in [0.3, 0.4) is 0 Å². The van der Waals surface area contributed by atoms with E-state index in [1.807, 2.05) is 13.8 Å². The maximum Gasteiger partial charge on any atom is 0.330 e. The van der Waals surface area contributed by atoms with Crippen LogP contribution in [0.5, 0.6) is 0 Å². The smallest absolute Gasteiger partial charge is 0.330 e. The third-order valence-electron chi connectivity index (χ3n) is 2.65. The SMILES string of the molecule is CCCCCCCCCCOC(=O)C=C(C)C. The summed E-state index contributed by atoms with van der Waals surface area (Å²) < 4.78 is 5.08. The summed E-state index contributed by atoms with van der Waals surface area (Å²) >= 11 is 0. The van der Waals surface area contributed by atoms with Crippen molar-refractivity contribution in [3.8, 4) is 0 Å². The highest BCUT2D eigenvalue weighted by Crippen LogP contribution is 2.08. The topological polar surface area (TPSA) is 26.3 Å². The molecule has 0 atom stereocenters. The fourth-order valence-corrected chi connectivity index (χ4v) is 1.69. The molecule has 0 aliphatic carbocycles. The van der Waals surface area contributed by atoms with Crippen molar-refractivity contribution in [3.63, 3.8) is 0 Å². The highest BCUT2D eigenvalue weighted by molar-refractivity contribution is 5.82. The maximum atomic E-state index is 11.2. The number of carbonyl (C=O) groups excluding carboxylic acids is 1. The molecule has 17 heavy (non-hydrogen) atoms. The van der Waals surface area contributed by atoms with Crippen molar-refractivity contribution in [1.82, 2.24) is 0 Å². The molecule has 0 aliphatic heterocycles. The Hall–Kier alpha value is -0.790. The molecule has 0 aromatic heterocycles. The molecule has 0 unspecified atom stereocenters. The average molecular weight is 240 g/mol. The van der Waals surface area contributed by atoms with E-state index in [1.54, 1.807) is 6.08 Å². The van der Waals surface area contributed by atoms with Gasteiger partial charge in [-0.05, 0) is 20.3 Å². The number of ether oxygens (including phenoxy) is 1. The van der Waals surface area contributed by atoms with Gasteiger partial charge >= 0.3 is 5.97 Å². The van der Waals surface area contributed by atoms with E-state index in [0.717, 1.165) is 12.0 Å². The third-order valence-corrected chi connectivity index (χ3v) is 2.65. The minimum atomic E-state index is -0.201. The van der Waals surface area contributed by atoms with Crippen LogP contribution < -0.4 is 0 Å². The lowest BCUT2D eigenvalue weighted by Crippen LogP contribution is -2.02. The molecule has 0 bridgehead atoms. The molecule has 0 N–H and O–H groups in total. The quantitative estimate of drug-likeness (QED) is 0.316. The van der Waals surface area contributed by atoms with Gasteiger partial charge in [0, 0.05) is 6.08 Å². The van der Waals surface area contributed by atoms with E-state index in [0.29, 0.717) is 6.61 Å². The molecule has 2 heteroatoms. The lowest BCUT2D eigenvalue weighted by molar-refractivity contribution is -0.137. The summed E-state index contributed by atoms with van der Waals surface area (Å²) in [5.41, 5.74) is 0.992. The van der Waals surface area contributed by atoms with Gasteiger partial charge in [0.05, 0.1) is 6.61 Å². The molecule has 0 fully saturated rings. The molecule has 0 saturated heterocycles. The van der Waals surface area contributed by atoms with E-state index >= 15 is 0 Å². The van der Waals surface area contributed by atoms with Crippen LogP contribution in [-0.2, 0) is 9.53 Å². The second-order valence-corrected chi connectivity index (χ2v) is 4.86. The minimum Gasteiger partial charge on any atom is -0.463 e. The van der Waals surface area contributed by atoms with Crippen molar-refractivity contribution < 1.29 is 9.53 Å². The molecule has 0 aliphatic rings. The maximum absolute atomic E-state index is 11.2. The van der Waals surface area contributed by atoms with Gasteiger partial charge in [-0.3, -0.25) is 0 Å². The zero-order valence-corrected chi connectivity index (χ0v) is 11.8. The Morgan fingerprint density at radius 1 is 0.941 bits per heavy atom. The summed E-state index contributed by atoms with van der Waals surface area (Å²) in [6.45, 7) is 6.60.